The van der Waals surface area contributed by atoms with Gasteiger partial charge in [0.1, 0.15) is 6.61 Å². The van der Waals surface area contributed by atoms with Gasteiger partial charge in [-0.3, -0.25) is 0 Å². The Morgan fingerprint density at radius 2 is 2.35 bits per heavy atom. The Morgan fingerprint density at radius 1 is 1.59 bits per heavy atom. The van der Waals surface area contributed by atoms with Gasteiger partial charge in [-0.05, 0) is 24.1 Å². The summed E-state index contributed by atoms with van der Waals surface area (Å²) in [7, 11) is 0. The maximum absolute atomic E-state index is 11.0. The van der Waals surface area contributed by atoms with Crippen LogP contribution in [0, 0.1) is 6.92 Å². The second-order valence-corrected chi connectivity index (χ2v) is 5.58. The van der Waals surface area contributed by atoms with E-state index in [0.717, 1.165) is 33.3 Å². The van der Waals surface area contributed by atoms with E-state index in [1.165, 1.54) is 0 Å². The predicted octanol–water partition coefficient (Wildman–Crippen LogP) is 2.60. The van der Waals surface area contributed by atoms with Crippen LogP contribution in [0.25, 0.3) is 0 Å². The maximum Gasteiger partial charge on any atom is 0.157 e. The Balaban J connectivity index is 2.51. The molecular weight excluding hydrogens is 306 g/mol. The molecule has 17 heavy (non-hydrogen) atoms. The monoisotopic (exact) mass is 317 g/mol. The van der Waals surface area contributed by atoms with Crippen LogP contribution in [0.15, 0.2) is 21.8 Å². The molecule has 0 aliphatic carbocycles. The van der Waals surface area contributed by atoms with Crippen molar-refractivity contribution < 1.29 is 13.6 Å². The minimum Gasteiger partial charge on any atom is -0.395 e. The molecule has 1 atom stereocenters. The van der Waals surface area contributed by atoms with Gasteiger partial charge in [0.25, 0.3) is 0 Å². The molecule has 0 fully saturated rings. The largest absolute Gasteiger partial charge is 0.395 e. The van der Waals surface area contributed by atoms with Crippen molar-refractivity contribution in [2.75, 3.05) is 6.61 Å². The summed E-state index contributed by atoms with van der Waals surface area (Å²) in [4.78, 5) is 5.00. The van der Waals surface area contributed by atoms with E-state index in [1.807, 2.05) is 19.1 Å². The summed E-state index contributed by atoms with van der Waals surface area (Å²) in [6, 6.07) is 3.73. The van der Waals surface area contributed by atoms with Gasteiger partial charge in [0.2, 0.25) is 0 Å². The summed E-state index contributed by atoms with van der Waals surface area (Å²) in [6.45, 7) is 2.53. The SMILES string of the molecule is Cc1c(Br)ccc(CS(=O)O)c1C1=NOCC1. The molecule has 1 aliphatic rings. The fourth-order valence-electron chi connectivity index (χ4n) is 1.88. The summed E-state index contributed by atoms with van der Waals surface area (Å²) in [6.07, 6.45) is 0.738. The topological polar surface area (TPSA) is 58.9 Å². The molecule has 1 aromatic carbocycles. The fourth-order valence-corrected chi connectivity index (χ4v) is 2.72. The Hall–Kier alpha value is -0.720. The number of hydrogen-bond acceptors (Lipinski definition) is 3. The van der Waals surface area contributed by atoms with E-state index in [1.54, 1.807) is 0 Å². The van der Waals surface area contributed by atoms with Crippen molar-refractivity contribution in [1.82, 2.24) is 0 Å². The van der Waals surface area contributed by atoms with E-state index in [2.05, 4.69) is 21.1 Å². The lowest BCUT2D eigenvalue weighted by Gasteiger charge is -2.12. The third-order valence-electron chi connectivity index (χ3n) is 2.66. The maximum atomic E-state index is 11.0. The van der Waals surface area contributed by atoms with Crippen molar-refractivity contribution in [3.05, 3.63) is 33.3 Å². The smallest absolute Gasteiger partial charge is 0.157 e. The van der Waals surface area contributed by atoms with E-state index in [9.17, 15) is 4.21 Å². The van der Waals surface area contributed by atoms with Crippen molar-refractivity contribution in [2.45, 2.75) is 19.1 Å². The van der Waals surface area contributed by atoms with Crippen LogP contribution in [0.3, 0.4) is 0 Å². The summed E-state index contributed by atoms with van der Waals surface area (Å²) >= 11 is 1.61. The number of oxime groups is 1. The molecule has 0 aromatic heterocycles. The van der Waals surface area contributed by atoms with Gasteiger partial charge in [-0.25, -0.2) is 4.21 Å². The minimum absolute atomic E-state index is 0.114. The van der Waals surface area contributed by atoms with Crippen molar-refractivity contribution in [1.29, 1.82) is 0 Å². The Morgan fingerprint density at radius 3 is 2.94 bits per heavy atom. The van der Waals surface area contributed by atoms with Crippen LogP contribution in [0.1, 0.15) is 23.1 Å². The number of nitrogens with zero attached hydrogens (tertiary/aromatic N) is 1. The van der Waals surface area contributed by atoms with Gasteiger partial charge in [-0.2, -0.15) is 0 Å². The Kier molecular flexibility index (Phi) is 3.96. The zero-order chi connectivity index (χ0) is 12.4. The highest BCUT2D eigenvalue weighted by Gasteiger charge is 2.19. The van der Waals surface area contributed by atoms with Crippen LogP contribution < -0.4 is 0 Å². The summed E-state index contributed by atoms with van der Waals surface area (Å²) < 4.78 is 21.0. The second kappa shape index (κ2) is 5.29. The molecule has 1 N–H and O–H groups in total. The first-order chi connectivity index (χ1) is 8.09. The van der Waals surface area contributed by atoms with Crippen LogP contribution in [-0.4, -0.2) is 21.1 Å². The molecule has 0 saturated carbocycles. The normalized spacial score (nSPS) is 16.5. The molecule has 0 radical (unpaired) electrons. The molecule has 92 valence electrons. The molecular formula is C11H12BrNO3S. The summed E-state index contributed by atoms with van der Waals surface area (Å²) in [5, 5.41) is 3.99. The zero-order valence-electron chi connectivity index (χ0n) is 9.27. The standard InChI is InChI=1S/C11H12BrNO3S/c1-7-9(12)3-2-8(6-17(14)15)11(7)10-4-5-16-13-10/h2-3H,4-6H2,1H3,(H,14,15). The van der Waals surface area contributed by atoms with Gasteiger partial charge in [0.05, 0.1) is 11.5 Å². The lowest BCUT2D eigenvalue weighted by molar-refractivity contribution is 0.174. The molecule has 0 amide bonds. The number of rotatable bonds is 3. The molecule has 1 heterocycles. The van der Waals surface area contributed by atoms with Gasteiger partial charge in [0.15, 0.2) is 11.1 Å². The van der Waals surface area contributed by atoms with Crippen LogP contribution in [0.5, 0.6) is 0 Å². The van der Waals surface area contributed by atoms with Crippen LogP contribution in [0.2, 0.25) is 0 Å². The van der Waals surface area contributed by atoms with Crippen molar-refractivity contribution in [3.8, 4) is 0 Å². The van der Waals surface area contributed by atoms with Crippen molar-refractivity contribution in [2.24, 2.45) is 5.16 Å². The quantitative estimate of drug-likeness (QED) is 0.872. The second-order valence-electron chi connectivity index (χ2n) is 3.79. The van der Waals surface area contributed by atoms with Crippen LogP contribution in [0.4, 0.5) is 0 Å². The van der Waals surface area contributed by atoms with E-state index in [0.29, 0.717) is 6.61 Å². The highest BCUT2D eigenvalue weighted by molar-refractivity contribution is 9.10. The Labute approximate surface area is 110 Å². The number of hydrogen-bond donors (Lipinski definition) is 1. The average Bonchev–Trinajstić information content (AvgIpc) is 2.76. The van der Waals surface area contributed by atoms with E-state index in [-0.39, 0.29) is 5.75 Å². The summed E-state index contributed by atoms with van der Waals surface area (Å²) in [5.74, 6) is 0.114. The first-order valence-electron chi connectivity index (χ1n) is 5.14. The van der Waals surface area contributed by atoms with Crippen LogP contribution >= 0.6 is 15.9 Å². The van der Waals surface area contributed by atoms with Gasteiger partial charge in [0, 0.05) is 16.5 Å². The average molecular weight is 318 g/mol. The molecule has 0 saturated heterocycles. The van der Waals surface area contributed by atoms with Gasteiger partial charge < -0.3 is 9.39 Å². The molecule has 6 heteroatoms. The summed E-state index contributed by atoms with van der Waals surface area (Å²) in [5.41, 5.74) is 3.64. The molecule has 0 bridgehead atoms. The molecule has 1 unspecified atom stereocenters. The third kappa shape index (κ3) is 2.75. The highest BCUT2D eigenvalue weighted by atomic mass is 79.9. The van der Waals surface area contributed by atoms with E-state index < -0.39 is 11.1 Å². The minimum atomic E-state index is -1.85. The lowest BCUT2D eigenvalue weighted by atomic mass is 9.97. The van der Waals surface area contributed by atoms with Gasteiger partial charge in [-0.15, -0.1) is 0 Å². The third-order valence-corrected chi connectivity index (χ3v) is 4.07. The zero-order valence-corrected chi connectivity index (χ0v) is 11.7. The van der Waals surface area contributed by atoms with Gasteiger partial charge >= 0.3 is 0 Å². The highest BCUT2D eigenvalue weighted by Crippen LogP contribution is 2.27. The molecule has 2 rings (SSSR count). The molecule has 1 aliphatic heterocycles. The van der Waals surface area contributed by atoms with Crippen molar-refractivity contribution in [3.63, 3.8) is 0 Å². The fraction of sp³-hybridized carbons (Fsp3) is 0.364. The molecule has 1 aromatic rings. The van der Waals surface area contributed by atoms with Gasteiger partial charge in [-0.1, -0.05) is 27.2 Å². The Bertz CT molecular complexity index is 502. The predicted molar refractivity (Wildman–Crippen MR) is 70.5 cm³/mol. The lowest BCUT2D eigenvalue weighted by Crippen LogP contribution is -2.08. The first kappa shape index (κ1) is 12.7. The molecule has 0 spiro atoms. The van der Waals surface area contributed by atoms with Crippen molar-refractivity contribution >= 4 is 32.7 Å². The van der Waals surface area contributed by atoms with E-state index >= 15 is 0 Å². The van der Waals surface area contributed by atoms with Crippen LogP contribution in [-0.2, 0) is 21.7 Å². The van der Waals surface area contributed by atoms with E-state index in [4.69, 9.17) is 9.39 Å². The molecule has 4 nitrogen and oxygen atoms in total. The first-order valence-corrected chi connectivity index (χ1v) is 7.21. The number of benzene rings is 1. The number of halogens is 1.